The van der Waals surface area contributed by atoms with Gasteiger partial charge in [0, 0.05) is 5.69 Å². The average molecular weight is 372 g/mol. The molecular weight excluding hydrogens is 348 g/mol. The van der Waals surface area contributed by atoms with Gasteiger partial charge in [0.15, 0.2) is 6.10 Å². The van der Waals surface area contributed by atoms with Gasteiger partial charge >= 0.3 is 5.97 Å². The summed E-state index contributed by atoms with van der Waals surface area (Å²) in [6, 6.07) is 7.78. The van der Waals surface area contributed by atoms with Crippen LogP contribution in [0.5, 0.6) is 0 Å². The molecule has 7 heteroatoms. The van der Waals surface area contributed by atoms with Gasteiger partial charge in [-0.05, 0) is 38.8 Å². The largest absolute Gasteiger partial charge is 0.451 e. The predicted molar refractivity (Wildman–Crippen MR) is 97.4 cm³/mol. The third-order valence-electron chi connectivity index (χ3n) is 5.31. The van der Waals surface area contributed by atoms with Crippen molar-refractivity contribution in [2.24, 2.45) is 11.8 Å². The number of hydrogen-bond donors (Lipinski definition) is 1. The maximum atomic E-state index is 12.6. The number of likely N-dealkylation sites (tertiary alicyclic amines) is 1. The van der Waals surface area contributed by atoms with E-state index < -0.39 is 24.0 Å². The van der Waals surface area contributed by atoms with E-state index in [0.29, 0.717) is 18.5 Å². The molecule has 2 aliphatic rings. The van der Waals surface area contributed by atoms with Crippen LogP contribution in [0.2, 0.25) is 0 Å². The Morgan fingerprint density at radius 1 is 1.04 bits per heavy atom. The van der Waals surface area contributed by atoms with Crippen LogP contribution in [0, 0.1) is 11.8 Å². The first kappa shape index (κ1) is 19.1. The van der Waals surface area contributed by atoms with Crippen molar-refractivity contribution in [2.45, 2.75) is 51.7 Å². The summed E-state index contributed by atoms with van der Waals surface area (Å²) in [5.41, 5.74) is 0.590. The summed E-state index contributed by atoms with van der Waals surface area (Å²) in [6.07, 6.45) is 2.16. The van der Waals surface area contributed by atoms with Crippen molar-refractivity contribution < 1.29 is 23.9 Å². The summed E-state index contributed by atoms with van der Waals surface area (Å²) in [5.74, 6) is -2.47. The summed E-state index contributed by atoms with van der Waals surface area (Å²) in [7, 11) is 0. The van der Waals surface area contributed by atoms with Crippen molar-refractivity contribution in [2.75, 3.05) is 5.32 Å². The molecule has 0 bridgehead atoms. The van der Waals surface area contributed by atoms with Crippen LogP contribution in [0.1, 0.15) is 39.5 Å². The standard InChI is InChI=1S/C20H24N2O5/c1-12(22-18(24)15-10-6-7-11-16(15)19(22)25)20(26)27-13(2)17(23)21-14-8-4-3-5-9-14/h3-5,8-9,12-13,15-16H,6-7,10-11H2,1-2H3,(H,21,23)/t12-,13+,15-,16+/m0/s1. The van der Waals surface area contributed by atoms with E-state index in [1.54, 1.807) is 24.3 Å². The molecule has 0 radical (unpaired) electrons. The second-order valence-electron chi connectivity index (χ2n) is 7.15. The second-order valence-corrected chi connectivity index (χ2v) is 7.15. The maximum Gasteiger partial charge on any atom is 0.329 e. The van der Waals surface area contributed by atoms with Crippen LogP contribution < -0.4 is 5.32 Å². The van der Waals surface area contributed by atoms with Crippen molar-refractivity contribution in [3.05, 3.63) is 30.3 Å². The molecule has 2 fully saturated rings. The Bertz CT molecular complexity index is 724. The Morgan fingerprint density at radius 3 is 2.15 bits per heavy atom. The molecule has 1 heterocycles. The summed E-state index contributed by atoms with van der Waals surface area (Å²) in [5, 5.41) is 2.65. The highest BCUT2D eigenvalue weighted by Crippen LogP contribution is 2.38. The number of carbonyl (C=O) groups excluding carboxylic acids is 4. The summed E-state index contributed by atoms with van der Waals surface area (Å²) >= 11 is 0. The number of fused-ring (bicyclic) bond motifs is 1. The smallest absolute Gasteiger partial charge is 0.329 e. The van der Waals surface area contributed by atoms with Crippen molar-refractivity contribution in [1.29, 1.82) is 0 Å². The van der Waals surface area contributed by atoms with E-state index in [-0.39, 0.29) is 23.7 Å². The number of carbonyl (C=O) groups is 4. The first-order chi connectivity index (χ1) is 12.9. The number of para-hydroxylation sites is 1. The van der Waals surface area contributed by atoms with E-state index >= 15 is 0 Å². The number of anilines is 1. The highest BCUT2D eigenvalue weighted by atomic mass is 16.5. The Labute approximate surface area is 158 Å². The topological polar surface area (TPSA) is 92.8 Å². The van der Waals surface area contributed by atoms with Crippen LogP contribution in [0.3, 0.4) is 0 Å². The van der Waals surface area contributed by atoms with E-state index in [0.717, 1.165) is 17.7 Å². The van der Waals surface area contributed by atoms with E-state index in [1.165, 1.54) is 13.8 Å². The van der Waals surface area contributed by atoms with Gasteiger partial charge in [-0.1, -0.05) is 31.0 Å². The number of esters is 1. The third kappa shape index (κ3) is 3.86. The van der Waals surface area contributed by atoms with E-state index in [9.17, 15) is 19.2 Å². The van der Waals surface area contributed by atoms with Gasteiger partial charge in [0.25, 0.3) is 5.91 Å². The van der Waals surface area contributed by atoms with Crippen LogP contribution in [0.4, 0.5) is 5.69 Å². The van der Waals surface area contributed by atoms with E-state index in [4.69, 9.17) is 4.74 Å². The van der Waals surface area contributed by atoms with E-state index in [2.05, 4.69) is 5.32 Å². The van der Waals surface area contributed by atoms with Crippen LogP contribution >= 0.6 is 0 Å². The molecule has 1 aliphatic carbocycles. The van der Waals surface area contributed by atoms with Gasteiger partial charge in [-0.3, -0.25) is 19.3 Å². The first-order valence-electron chi connectivity index (χ1n) is 9.33. The SMILES string of the molecule is C[C@@H](OC(=O)[C@H](C)N1C(=O)[C@H]2CCCC[C@H]2C1=O)C(=O)Nc1ccccc1. The zero-order valence-corrected chi connectivity index (χ0v) is 15.5. The Kier molecular flexibility index (Phi) is 5.58. The Morgan fingerprint density at radius 2 is 1.59 bits per heavy atom. The lowest BCUT2D eigenvalue weighted by atomic mass is 9.81. The summed E-state index contributed by atoms with van der Waals surface area (Å²) in [4.78, 5) is 50.8. The number of hydrogen-bond acceptors (Lipinski definition) is 5. The minimum Gasteiger partial charge on any atom is -0.451 e. The number of amides is 3. The lowest BCUT2D eigenvalue weighted by Crippen LogP contribution is -2.46. The monoisotopic (exact) mass is 372 g/mol. The molecular formula is C20H24N2O5. The number of nitrogens with zero attached hydrogens (tertiary/aromatic N) is 1. The molecule has 1 saturated carbocycles. The molecule has 1 aromatic rings. The first-order valence-corrected chi connectivity index (χ1v) is 9.33. The number of imide groups is 1. The minimum atomic E-state index is -1.05. The number of ether oxygens (including phenoxy) is 1. The second kappa shape index (κ2) is 7.90. The number of benzene rings is 1. The van der Waals surface area contributed by atoms with Crippen LogP contribution in [-0.4, -0.2) is 40.7 Å². The fourth-order valence-electron chi connectivity index (χ4n) is 3.77. The Hall–Kier alpha value is -2.70. The summed E-state index contributed by atoms with van der Waals surface area (Å²) < 4.78 is 5.21. The normalized spacial score (nSPS) is 24.1. The molecule has 3 rings (SSSR count). The van der Waals surface area contributed by atoms with Crippen molar-refractivity contribution in [3.63, 3.8) is 0 Å². The fourth-order valence-corrected chi connectivity index (χ4v) is 3.77. The third-order valence-corrected chi connectivity index (χ3v) is 5.31. The van der Waals surface area contributed by atoms with Gasteiger partial charge in [-0.25, -0.2) is 4.79 Å². The zero-order valence-electron chi connectivity index (χ0n) is 15.5. The molecule has 3 amide bonds. The molecule has 0 aromatic heterocycles. The zero-order chi connectivity index (χ0) is 19.6. The van der Waals surface area contributed by atoms with Gasteiger partial charge in [0.1, 0.15) is 6.04 Å². The molecule has 1 N–H and O–H groups in total. The van der Waals surface area contributed by atoms with Crippen molar-refractivity contribution in [3.8, 4) is 0 Å². The molecule has 1 aliphatic heterocycles. The Balaban J connectivity index is 1.61. The fraction of sp³-hybridized carbons (Fsp3) is 0.500. The van der Waals surface area contributed by atoms with Gasteiger partial charge in [-0.15, -0.1) is 0 Å². The van der Waals surface area contributed by atoms with Crippen molar-refractivity contribution in [1.82, 2.24) is 4.90 Å². The lowest BCUT2D eigenvalue weighted by Gasteiger charge is -2.23. The van der Waals surface area contributed by atoms with Gasteiger partial charge in [0.2, 0.25) is 11.8 Å². The predicted octanol–water partition coefficient (Wildman–Crippen LogP) is 2.12. The molecule has 0 spiro atoms. The number of rotatable bonds is 5. The van der Waals surface area contributed by atoms with Crippen LogP contribution in [-0.2, 0) is 23.9 Å². The summed E-state index contributed by atoms with van der Waals surface area (Å²) in [6.45, 7) is 2.92. The van der Waals surface area contributed by atoms with Crippen LogP contribution in [0.15, 0.2) is 30.3 Å². The average Bonchev–Trinajstić information content (AvgIpc) is 2.93. The van der Waals surface area contributed by atoms with Crippen LogP contribution in [0.25, 0.3) is 0 Å². The maximum absolute atomic E-state index is 12.6. The molecule has 7 nitrogen and oxygen atoms in total. The molecule has 0 unspecified atom stereocenters. The molecule has 1 saturated heterocycles. The molecule has 1 aromatic carbocycles. The van der Waals surface area contributed by atoms with Gasteiger partial charge in [0.05, 0.1) is 11.8 Å². The van der Waals surface area contributed by atoms with Gasteiger partial charge in [-0.2, -0.15) is 0 Å². The van der Waals surface area contributed by atoms with Crippen molar-refractivity contribution >= 4 is 29.4 Å². The van der Waals surface area contributed by atoms with Gasteiger partial charge < -0.3 is 10.1 Å². The molecule has 144 valence electrons. The van der Waals surface area contributed by atoms with E-state index in [1.807, 2.05) is 6.07 Å². The minimum absolute atomic E-state index is 0.296. The molecule has 4 atom stereocenters. The highest BCUT2D eigenvalue weighted by molar-refractivity contribution is 6.08. The highest BCUT2D eigenvalue weighted by Gasteiger charge is 2.51. The number of nitrogens with one attached hydrogen (secondary N) is 1. The molecule has 27 heavy (non-hydrogen) atoms. The lowest BCUT2D eigenvalue weighted by molar-refractivity contribution is -0.163. The quantitative estimate of drug-likeness (QED) is 0.631.